The zero-order valence-corrected chi connectivity index (χ0v) is 8.31. The Balaban J connectivity index is 2.62. The summed E-state index contributed by atoms with van der Waals surface area (Å²) >= 11 is 0. The van der Waals surface area contributed by atoms with Crippen LogP contribution in [0.15, 0.2) is 24.9 Å². The standard InChI is InChI=1S/C10H14N2O3/c1-2-6-12-7-5-8(10(12)14)3-4-9(13)11-15/h2,5,7,14-15H,1,3-4,6H2,(H,11,13). The largest absolute Gasteiger partial charge is 0.494 e. The van der Waals surface area contributed by atoms with E-state index in [1.165, 1.54) is 0 Å². The number of rotatable bonds is 5. The van der Waals surface area contributed by atoms with Crippen LogP contribution in [-0.2, 0) is 17.8 Å². The maximum Gasteiger partial charge on any atom is 0.243 e. The summed E-state index contributed by atoms with van der Waals surface area (Å²) in [5, 5.41) is 18.0. The predicted octanol–water partition coefficient (Wildman–Crippen LogP) is 0.818. The Hall–Kier alpha value is -1.75. The van der Waals surface area contributed by atoms with Crippen LogP contribution in [0.2, 0.25) is 0 Å². The molecule has 0 aromatic carbocycles. The van der Waals surface area contributed by atoms with Crippen LogP contribution in [-0.4, -0.2) is 20.8 Å². The molecule has 1 amide bonds. The summed E-state index contributed by atoms with van der Waals surface area (Å²) in [5.74, 6) is -0.327. The number of amides is 1. The van der Waals surface area contributed by atoms with Crippen LogP contribution in [0.1, 0.15) is 12.0 Å². The first-order valence-electron chi connectivity index (χ1n) is 4.59. The summed E-state index contributed by atoms with van der Waals surface area (Å²) in [5.41, 5.74) is 2.22. The molecule has 0 saturated heterocycles. The maximum absolute atomic E-state index is 10.8. The van der Waals surface area contributed by atoms with E-state index in [0.29, 0.717) is 18.5 Å². The summed E-state index contributed by atoms with van der Waals surface area (Å²) in [7, 11) is 0. The van der Waals surface area contributed by atoms with Gasteiger partial charge in [-0.1, -0.05) is 6.08 Å². The van der Waals surface area contributed by atoms with Crippen molar-refractivity contribution in [1.29, 1.82) is 0 Å². The molecule has 0 fully saturated rings. The van der Waals surface area contributed by atoms with Gasteiger partial charge in [-0.25, -0.2) is 5.48 Å². The minimum atomic E-state index is -0.467. The second-order valence-corrected chi connectivity index (χ2v) is 3.14. The van der Waals surface area contributed by atoms with E-state index in [1.54, 1.807) is 28.4 Å². The van der Waals surface area contributed by atoms with Crippen molar-refractivity contribution in [2.24, 2.45) is 0 Å². The molecule has 82 valence electrons. The molecule has 5 heteroatoms. The molecular formula is C10H14N2O3. The first-order valence-corrected chi connectivity index (χ1v) is 4.59. The first-order chi connectivity index (χ1) is 7.19. The number of hydrogen-bond acceptors (Lipinski definition) is 3. The fourth-order valence-electron chi connectivity index (χ4n) is 1.30. The van der Waals surface area contributed by atoms with E-state index in [0.717, 1.165) is 0 Å². The molecule has 1 heterocycles. The summed E-state index contributed by atoms with van der Waals surface area (Å²) < 4.78 is 1.62. The Morgan fingerprint density at radius 3 is 3.00 bits per heavy atom. The van der Waals surface area contributed by atoms with Crippen LogP contribution in [0, 0.1) is 0 Å². The van der Waals surface area contributed by atoms with Crippen LogP contribution in [0.25, 0.3) is 0 Å². The van der Waals surface area contributed by atoms with Crippen LogP contribution in [0.5, 0.6) is 5.88 Å². The molecule has 0 saturated carbocycles. The average Bonchev–Trinajstić information content (AvgIpc) is 2.58. The molecule has 1 rings (SSSR count). The lowest BCUT2D eigenvalue weighted by Crippen LogP contribution is -2.18. The van der Waals surface area contributed by atoms with Gasteiger partial charge in [0.25, 0.3) is 0 Å². The normalized spacial score (nSPS) is 9.93. The van der Waals surface area contributed by atoms with Crippen molar-refractivity contribution in [3.05, 3.63) is 30.5 Å². The van der Waals surface area contributed by atoms with Gasteiger partial charge in [-0.2, -0.15) is 0 Å². The lowest BCUT2D eigenvalue weighted by molar-refractivity contribution is -0.129. The molecule has 0 aliphatic rings. The number of aryl methyl sites for hydroxylation is 1. The van der Waals surface area contributed by atoms with Crippen molar-refractivity contribution in [3.8, 4) is 5.88 Å². The number of nitrogens with one attached hydrogen (secondary N) is 1. The molecule has 1 aromatic heterocycles. The molecular weight excluding hydrogens is 196 g/mol. The van der Waals surface area contributed by atoms with Crippen molar-refractivity contribution in [2.45, 2.75) is 19.4 Å². The number of carbonyl (C=O) groups is 1. The van der Waals surface area contributed by atoms with E-state index in [1.807, 2.05) is 0 Å². The second kappa shape index (κ2) is 5.21. The van der Waals surface area contributed by atoms with Gasteiger partial charge in [-0.05, 0) is 12.5 Å². The molecule has 0 bridgehead atoms. The highest BCUT2D eigenvalue weighted by molar-refractivity contribution is 5.74. The highest BCUT2D eigenvalue weighted by Gasteiger charge is 2.08. The number of allylic oxidation sites excluding steroid dienone is 1. The molecule has 0 aliphatic carbocycles. The average molecular weight is 210 g/mol. The molecule has 0 aliphatic heterocycles. The monoisotopic (exact) mass is 210 g/mol. The van der Waals surface area contributed by atoms with Crippen molar-refractivity contribution in [2.75, 3.05) is 0 Å². The van der Waals surface area contributed by atoms with Crippen LogP contribution in [0.3, 0.4) is 0 Å². The summed E-state index contributed by atoms with van der Waals surface area (Å²) in [6, 6.07) is 1.74. The van der Waals surface area contributed by atoms with Crippen molar-refractivity contribution in [1.82, 2.24) is 10.0 Å². The Morgan fingerprint density at radius 1 is 1.67 bits per heavy atom. The van der Waals surface area contributed by atoms with E-state index in [4.69, 9.17) is 5.21 Å². The number of aromatic hydroxyl groups is 1. The summed E-state index contributed by atoms with van der Waals surface area (Å²) in [6.45, 7) is 4.09. The van der Waals surface area contributed by atoms with Crippen LogP contribution in [0.4, 0.5) is 0 Å². The summed E-state index contributed by atoms with van der Waals surface area (Å²) in [6.07, 6.45) is 3.93. The zero-order chi connectivity index (χ0) is 11.3. The summed E-state index contributed by atoms with van der Waals surface area (Å²) in [4.78, 5) is 10.8. The molecule has 3 N–H and O–H groups in total. The topological polar surface area (TPSA) is 74.5 Å². The van der Waals surface area contributed by atoms with Gasteiger partial charge in [0.15, 0.2) is 5.88 Å². The number of carbonyl (C=O) groups excluding carboxylic acids is 1. The van der Waals surface area contributed by atoms with Gasteiger partial charge in [-0.3, -0.25) is 10.0 Å². The highest BCUT2D eigenvalue weighted by atomic mass is 16.5. The Bertz CT molecular complexity index is 358. The van der Waals surface area contributed by atoms with Crippen LogP contribution < -0.4 is 5.48 Å². The lowest BCUT2D eigenvalue weighted by Gasteiger charge is -2.02. The van der Waals surface area contributed by atoms with Gasteiger partial charge >= 0.3 is 0 Å². The van der Waals surface area contributed by atoms with Crippen molar-refractivity contribution in [3.63, 3.8) is 0 Å². The second-order valence-electron chi connectivity index (χ2n) is 3.14. The van der Waals surface area contributed by atoms with E-state index in [9.17, 15) is 9.90 Å². The quantitative estimate of drug-likeness (QED) is 0.382. The number of hydrogen-bond donors (Lipinski definition) is 3. The fraction of sp³-hybridized carbons (Fsp3) is 0.300. The Labute approximate surface area is 87.6 Å². The first kappa shape index (κ1) is 11.3. The van der Waals surface area contributed by atoms with Gasteiger partial charge in [0.2, 0.25) is 5.91 Å². The molecule has 0 unspecified atom stereocenters. The maximum atomic E-state index is 10.8. The third-order valence-electron chi connectivity index (χ3n) is 2.09. The van der Waals surface area contributed by atoms with Gasteiger partial charge in [-0.15, -0.1) is 6.58 Å². The molecule has 0 radical (unpaired) electrons. The van der Waals surface area contributed by atoms with E-state index in [-0.39, 0.29) is 12.3 Å². The highest BCUT2D eigenvalue weighted by Crippen LogP contribution is 2.19. The third kappa shape index (κ3) is 2.85. The van der Waals surface area contributed by atoms with Crippen molar-refractivity contribution >= 4 is 5.91 Å². The minimum Gasteiger partial charge on any atom is -0.494 e. The molecule has 5 nitrogen and oxygen atoms in total. The number of aromatic nitrogens is 1. The molecule has 15 heavy (non-hydrogen) atoms. The zero-order valence-electron chi connectivity index (χ0n) is 8.31. The molecule has 1 aromatic rings. The smallest absolute Gasteiger partial charge is 0.243 e. The molecule has 0 atom stereocenters. The number of nitrogens with zero attached hydrogens (tertiary/aromatic N) is 1. The van der Waals surface area contributed by atoms with Crippen LogP contribution >= 0.6 is 0 Å². The number of hydroxylamine groups is 1. The van der Waals surface area contributed by atoms with E-state index < -0.39 is 5.91 Å². The molecule has 0 spiro atoms. The SMILES string of the molecule is C=CCn1ccc(CCC(=O)NO)c1O. The van der Waals surface area contributed by atoms with E-state index >= 15 is 0 Å². The van der Waals surface area contributed by atoms with Gasteiger partial charge in [0.05, 0.1) is 0 Å². The third-order valence-corrected chi connectivity index (χ3v) is 2.09. The van der Waals surface area contributed by atoms with Gasteiger partial charge in [0.1, 0.15) is 0 Å². The van der Waals surface area contributed by atoms with Crippen molar-refractivity contribution < 1.29 is 15.1 Å². The Kier molecular flexibility index (Phi) is 3.93. The lowest BCUT2D eigenvalue weighted by atomic mass is 10.2. The van der Waals surface area contributed by atoms with Gasteiger partial charge < -0.3 is 9.67 Å². The predicted molar refractivity (Wildman–Crippen MR) is 54.5 cm³/mol. The van der Waals surface area contributed by atoms with E-state index in [2.05, 4.69) is 6.58 Å². The van der Waals surface area contributed by atoms with Gasteiger partial charge in [0, 0.05) is 24.7 Å². The minimum absolute atomic E-state index is 0.139. The fourth-order valence-corrected chi connectivity index (χ4v) is 1.30. The Morgan fingerprint density at radius 2 is 2.40 bits per heavy atom.